The minimum absolute atomic E-state index is 0.186. The molecule has 1 fully saturated rings. The van der Waals surface area contributed by atoms with Gasteiger partial charge in [0.2, 0.25) is 0 Å². The number of aromatic nitrogens is 3. The highest BCUT2D eigenvalue weighted by Gasteiger charge is 2.25. The van der Waals surface area contributed by atoms with Crippen LogP contribution in [0.4, 0.5) is 0 Å². The zero-order valence-corrected chi connectivity index (χ0v) is 15.1. The van der Waals surface area contributed by atoms with Crippen molar-refractivity contribution in [2.45, 2.75) is 39.5 Å². The SMILES string of the molecule is CCNC(=O)c1cnn2c(C3CCN(C[C](C)C)CC3)cc(=O)[nH]c12. The van der Waals surface area contributed by atoms with Gasteiger partial charge >= 0.3 is 0 Å². The second-order valence-electron chi connectivity index (χ2n) is 6.99. The van der Waals surface area contributed by atoms with Crippen LogP contribution in [0.2, 0.25) is 0 Å². The van der Waals surface area contributed by atoms with Crippen molar-refractivity contribution >= 4 is 11.6 Å². The fourth-order valence-corrected chi connectivity index (χ4v) is 3.56. The molecule has 0 spiro atoms. The van der Waals surface area contributed by atoms with Crippen molar-refractivity contribution in [1.82, 2.24) is 24.8 Å². The largest absolute Gasteiger partial charge is 0.352 e. The summed E-state index contributed by atoms with van der Waals surface area (Å²) in [4.78, 5) is 29.5. The summed E-state index contributed by atoms with van der Waals surface area (Å²) in [6, 6.07) is 1.62. The molecule has 2 aromatic rings. The van der Waals surface area contributed by atoms with E-state index in [0.717, 1.165) is 38.2 Å². The predicted molar refractivity (Wildman–Crippen MR) is 96.8 cm³/mol. The summed E-state index contributed by atoms with van der Waals surface area (Å²) >= 11 is 0. The molecule has 0 bridgehead atoms. The highest BCUT2D eigenvalue weighted by Crippen LogP contribution is 2.28. The molecule has 1 amide bonds. The Hall–Kier alpha value is -2.15. The van der Waals surface area contributed by atoms with Crippen molar-refractivity contribution in [2.75, 3.05) is 26.2 Å². The lowest BCUT2D eigenvalue weighted by molar-refractivity contribution is 0.0957. The molecule has 7 heteroatoms. The number of rotatable bonds is 5. The summed E-state index contributed by atoms with van der Waals surface area (Å²) in [5, 5.41) is 7.13. The molecule has 0 aromatic carbocycles. The number of piperidine rings is 1. The van der Waals surface area contributed by atoms with Crippen molar-refractivity contribution in [3.63, 3.8) is 0 Å². The molecule has 2 N–H and O–H groups in total. The van der Waals surface area contributed by atoms with Crippen molar-refractivity contribution in [3.05, 3.63) is 39.8 Å². The summed E-state index contributed by atoms with van der Waals surface area (Å²) in [5.74, 6) is 1.48. The van der Waals surface area contributed by atoms with Crippen molar-refractivity contribution in [3.8, 4) is 0 Å². The highest BCUT2D eigenvalue weighted by molar-refractivity contribution is 5.99. The van der Waals surface area contributed by atoms with Crippen LogP contribution in [0.15, 0.2) is 17.1 Å². The molecule has 1 saturated heterocycles. The minimum Gasteiger partial charge on any atom is -0.352 e. The highest BCUT2D eigenvalue weighted by atomic mass is 16.1. The van der Waals surface area contributed by atoms with Crippen LogP contribution in [0.25, 0.3) is 5.65 Å². The summed E-state index contributed by atoms with van der Waals surface area (Å²) in [7, 11) is 0. The molecule has 1 aliphatic rings. The van der Waals surface area contributed by atoms with Gasteiger partial charge in [-0.2, -0.15) is 5.10 Å². The van der Waals surface area contributed by atoms with Gasteiger partial charge in [-0.15, -0.1) is 0 Å². The van der Waals surface area contributed by atoms with E-state index < -0.39 is 0 Å². The molecule has 0 saturated carbocycles. The van der Waals surface area contributed by atoms with Gasteiger partial charge in [-0.05, 0) is 38.8 Å². The first-order valence-corrected chi connectivity index (χ1v) is 8.90. The maximum atomic E-state index is 12.2. The monoisotopic (exact) mass is 344 g/mol. The van der Waals surface area contributed by atoms with Gasteiger partial charge < -0.3 is 15.2 Å². The number of amides is 1. The Labute approximate surface area is 147 Å². The number of aromatic amines is 1. The lowest BCUT2D eigenvalue weighted by Crippen LogP contribution is -2.35. The molecular formula is C18H26N5O2. The zero-order valence-electron chi connectivity index (χ0n) is 15.1. The van der Waals surface area contributed by atoms with E-state index in [-0.39, 0.29) is 17.4 Å². The van der Waals surface area contributed by atoms with Crippen LogP contribution in [0.3, 0.4) is 0 Å². The van der Waals surface area contributed by atoms with E-state index in [4.69, 9.17) is 0 Å². The van der Waals surface area contributed by atoms with Crippen LogP contribution in [0.5, 0.6) is 0 Å². The molecule has 1 radical (unpaired) electrons. The maximum Gasteiger partial charge on any atom is 0.256 e. The molecule has 0 atom stereocenters. The van der Waals surface area contributed by atoms with E-state index in [0.29, 0.717) is 17.8 Å². The average molecular weight is 344 g/mol. The second kappa shape index (κ2) is 7.39. The van der Waals surface area contributed by atoms with Gasteiger partial charge in [0, 0.05) is 25.1 Å². The molecular weight excluding hydrogens is 318 g/mol. The van der Waals surface area contributed by atoms with Gasteiger partial charge in [0.05, 0.1) is 11.9 Å². The Morgan fingerprint density at radius 3 is 2.72 bits per heavy atom. The van der Waals surface area contributed by atoms with Crippen molar-refractivity contribution in [2.24, 2.45) is 0 Å². The van der Waals surface area contributed by atoms with Gasteiger partial charge in [-0.1, -0.05) is 13.8 Å². The summed E-state index contributed by atoms with van der Waals surface area (Å²) in [6.45, 7) is 9.75. The Morgan fingerprint density at radius 1 is 1.36 bits per heavy atom. The molecule has 25 heavy (non-hydrogen) atoms. The standard InChI is InChI=1S/C18H26N5O2/c1-4-19-18(25)14-10-20-23-15(9-16(24)21-17(14)23)13-5-7-22(8-6-13)11-12(2)3/h9-10,13H,4-8,11H2,1-3H3,(H,19,25)(H,21,24). The zero-order chi connectivity index (χ0) is 18.0. The van der Waals surface area contributed by atoms with Crippen LogP contribution in [-0.2, 0) is 0 Å². The number of hydrogen-bond donors (Lipinski definition) is 2. The maximum absolute atomic E-state index is 12.2. The molecule has 0 unspecified atom stereocenters. The number of likely N-dealkylation sites (tertiary alicyclic amines) is 1. The van der Waals surface area contributed by atoms with Gasteiger partial charge in [-0.3, -0.25) is 9.59 Å². The minimum atomic E-state index is -0.214. The molecule has 2 aromatic heterocycles. The fraction of sp³-hybridized carbons (Fsp3) is 0.556. The average Bonchev–Trinajstić information content (AvgIpc) is 2.98. The molecule has 3 heterocycles. The van der Waals surface area contributed by atoms with E-state index in [2.05, 4.69) is 34.1 Å². The predicted octanol–water partition coefficient (Wildman–Crippen LogP) is 1.57. The number of hydrogen-bond acceptors (Lipinski definition) is 4. The van der Waals surface area contributed by atoms with Gasteiger partial charge in [0.15, 0.2) is 0 Å². The third-order valence-electron chi connectivity index (χ3n) is 4.66. The smallest absolute Gasteiger partial charge is 0.256 e. The topological polar surface area (TPSA) is 82.5 Å². The molecule has 0 aliphatic carbocycles. The van der Waals surface area contributed by atoms with Gasteiger partial charge in [-0.25, -0.2) is 4.52 Å². The number of H-pyrrole nitrogens is 1. The van der Waals surface area contributed by atoms with Crippen molar-refractivity contribution in [1.29, 1.82) is 0 Å². The Morgan fingerprint density at radius 2 is 2.08 bits per heavy atom. The normalized spacial score (nSPS) is 16.6. The van der Waals surface area contributed by atoms with Gasteiger partial charge in [0.25, 0.3) is 11.5 Å². The lowest BCUT2D eigenvalue weighted by Gasteiger charge is -2.32. The lowest BCUT2D eigenvalue weighted by atomic mass is 9.92. The van der Waals surface area contributed by atoms with E-state index in [1.54, 1.807) is 10.6 Å². The number of fused-ring (bicyclic) bond motifs is 1. The van der Waals surface area contributed by atoms with E-state index in [1.165, 1.54) is 12.1 Å². The van der Waals surface area contributed by atoms with Crippen LogP contribution in [0.1, 0.15) is 55.6 Å². The van der Waals surface area contributed by atoms with Crippen LogP contribution in [0, 0.1) is 5.92 Å². The molecule has 3 rings (SSSR count). The van der Waals surface area contributed by atoms with Crippen LogP contribution < -0.4 is 10.9 Å². The summed E-state index contributed by atoms with van der Waals surface area (Å²) in [5.41, 5.74) is 1.60. The first-order chi connectivity index (χ1) is 12.0. The molecule has 7 nitrogen and oxygen atoms in total. The number of nitrogens with one attached hydrogen (secondary N) is 2. The fourth-order valence-electron chi connectivity index (χ4n) is 3.56. The summed E-state index contributed by atoms with van der Waals surface area (Å²) < 4.78 is 1.73. The Kier molecular flexibility index (Phi) is 5.22. The molecule has 135 valence electrons. The van der Waals surface area contributed by atoms with Crippen LogP contribution >= 0.6 is 0 Å². The first kappa shape index (κ1) is 17.7. The number of carbonyl (C=O) groups is 1. The third-order valence-corrected chi connectivity index (χ3v) is 4.66. The van der Waals surface area contributed by atoms with E-state index in [9.17, 15) is 9.59 Å². The molecule has 1 aliphatic heterocycles. The second-order valence-corrected chi connectivity index (χ2v) is 6.99. The number of carbonyl (C=O) groups excluding carboxylic acids is 1. The van der Waals surface area contributed by atoms with Crippen LogP contribution in [-0.4, -0.2) is 51.6 Å². The Balaban J connectivity index is 1.88. The Bertz CT molecular complexity index is 799. The van der Waals surface area contributed by atoms with Crippen molar-refractivity contribution < 1.29 is 4.79 Å². The number of nitrogens with zero attached hydrogens (tertiary/aromatic N) is 3. The van der Waals surface area contributed by atoms with Gasteiger partial charge in [0.1, 0.15) is 11.2 Å². The van der Waals surface area contributed by atoms with E-state index >= 15 is 0 Å². The van der Waals surface area contributed by atoms with E-state index in [1.807, 2.05) is 6.92 Å². The quantitative estimate of drug-likeness (QED) is 0.862. The first-order valence-electron chi connectivity index (χ1n) is 8.90. The third kappa shape index (κ3) is 3.76. The summed E-state index contributed by atoms with van der Waals surface area (Å²) in [6.07, 6.45) is 3.51.